The van der Waals surface area contributed by atoms with Gasteiger partial charge in [0.2, 0.25) is 5.60 Å². The first-order valence-corrected chi connectivity index (χ1v) is 10.5. The van der Waals surface area contributed by atoms with E-state index >= 15 is 0 Å². The van der Waals surface area contributed by atoms with Gasteiger partial charge in [0, 0.05) is 13.0 Å². The molecule has 158 valence electrons. The number of esters is 1. The Balaban J connectivity index is 0.00000300. The molecule has 0 radical (unpaired) electrons. The van der Waals surface area contributed by atoms with E-state index in [0.717, 1.165) is 30.6 Å². The van der Waals surface area contributed by atoms with Crippen LogP contribution in [0, 0.1) is 0 Å². The maximum absolute atomic E-state index is 13.5. The van der Waals surface area contributed by atoms with Crippen LogP contribution in [0.25, 0.3) is 0 Å². The number of benzene rings is 2. The Bertz CT molecular complexity index is 699. The molecule has 0 aromatic heterocycles. The van der Waals surface area contributed by atoms with E-state index in [4.69, 9.17) is 9.47 Å². The van der Waals surface area contributed by atoms with Crippen molar-refractivity contribution in [2.45, 2.75) is 44.8 Å². The maximum atomic E-state index is 13.5. The number of hydrogen-bond acceptors (Lipinski definition) is 3. The van der Waals surface area contributed by atoms with Crippen molar-refractivity contribution in [1.82, 2.24) is 0 Å². The van der Waals surface area contributed by atoms with Gasteiger partial charge in [0.1, 0.15) is 12.6 Å². The molecule has 1 aliphatic heterocycles. The second kappa shape index (κ2) is 11.3. The highest BCUT2D eigenvalue weighted by atomic mass is 35.5. The van der Waals surface area contributed by atoms with Crippen LogP contribution >= 0.6 is 0 Å². The standard InChI is InChI=1S/C24H31NO3.ClH/c1-3-25-18-12-11-17-22(25)19-27-23(26)24(28-4-2,20-13-7-5-8-14-20)21-15-9-6-10-16-21;/h5-10,13-16,22H,3-4,11-12,17-19H2,1-2H3;1H. The van der Waals surface area contributed by atoms with Crippen LogP contribution in [0.15, 0.2) is 60.7 Å². The van der Waals surface area contributed by atoms with E-state index in [9.17, 15) is 4.79 Å². The first-order chi connectivity index (χ1) is 13.7. The van der Waals surface area contributed by atoms with Gasteiger partial charge in [-0.05, 0) is 37.8 Å². The fourth-order valence-corrected chi connectivity index (χ4v) is 4.29. The Hall–Kier alpha value is -1.88. The number of nitrogens with one attached hydrogen (secondary N) is 1. The molecule has 0 amide bonds. The first-order valence-electron chi connectivity index (χ1n) is 10.5. The minimum absolute atomic E-state index is 0. The number of ether oxygens (including phenoxy) is 2. The van der Waals surface area contributed by atoms with E-state index in [0.29, 0.717) is 19.3 Å². The number of quaternary nitrogens is 1. The Morgan fingerprint density at radius 1 is 1.00 bits per heavy atom. The lowest BCUT2D eigenvalue weighted by Gasteiger charge is -2.35. The third-order valence-corrected chi connectivity index (χ3v) is 5.76. The van der Waals surface area contributed by atoms with Gasteiger partial charge >= 0.3 is 5.97 Å². The van der Waals surface area contributed by atoms with E-state index in [1.54, 1.807) is 0 Å². The van der Waals surface area contributed by atoms with Crippen LogP contribution in [-0.2, 0) is 19.9 Å². The summed E-state index contributed by atoms with van der Waals surface area (Å²) in [5.74, 6) is -0.326. The lowest BCUT2D eigenvalue weighted by Crippen LogP contribution is -3.16. The monoisotopic (exact) mass is 417 g/mol. The van der Waals surface area contributed by atoms with Gasteiger partial charge in [-0.15, -0.1) is 0 Å². The van der Waals surface area contributed by atoms with Crippen LogP contribution in [0.4, 0.5) is 0 Å². The number of carbonyl (C=O) groups excluding carboxylic acids is 1. The molecule has 0 saturated carbocycles. The summed E-state index contributed by atoms with van der Waals surface area (Å²) in [5.41, 5.74) is 0.367. The van der Waals surface area contributed by atoms with Crippen LogP contribution in [-0.4, -0.2) is 38.3 Å². The summed E-state index contributed by atoms with van der Waals surface area (Å²) in [5, 5.41) is 0. The van der Waals surface area contributed by atoms with Gasteiger partial charge in [-0.25, -0.2) is 4.79 Å². The van der Waals surface area contributed by atoms with Crippen LogP contribution in [0.1, 0.15) is 44.2 Å². The SMILES string of the molecule is CCOC(C(=O)OCC1CCCC[NH+]1CC)(c1ccccc1)c1ccccc1.[Cl-]. The molecule has 4 nitrogen and oxygen atoms in total. The van der Waals surface area contributed by atoms with Crippen molar-refractivity contribution < 1.29 is 31.6 Å². The summed E-state index contributed by atoms with van der Waals surface area (Å²) in [6, 6.07) is 19.8. The van der Waals surface area contributed by atoms with Crippen molar-refractivity contribution in [3.8, 4) is 0 Å². The van der Waals surface area contributed by atoms with Gasteiger partial charge in [0.25, 0.3) is 0 Å². The zero-order valence-electron chi connectivity index (χ0n) is 17.4. The van der Waals surface area contributed by atoms with Crippen molar-refractivity contribution >= 4 is 5.97 Å². The smallest absolute Gasteiger partial charge is 0.348 e. The van der Waals surface area contributed by atoms with Gasteiger partial charge in [0.15, 0.2) is 0 Å². The molecule has 5 heteroatoms. The zero-order valence-corrected chi connectivity index (χ0v) is 18.2. The van der Waals surface area contributed by atoms with E-state index in [-0.39, 0.29) is 18.4 Å². The fourth-order valence-electron chi connectivity index (χ4n) is 4.29. The Morgan fingerprint density at radius 2 is 1.59 bits per heavy atom. The average Bonchev–Trinajstić information content (AvgIpc) is 2.77. The fraction of sp³-hybridized carbons (Fsp3) is 0.458. The molecule has 1 N–H and O–H groups in total. The lowest BCUT2D eigenvalue weighted by molar-refractivity contribution is -0.929. The Labute approximate surface area is 180 Å². The molecule has 2 aromatic rings. The third kappa shape index (κ3) is 5.19. The van der Waals surface area contributed by atoms with Crippen molar-refractivity contribution in [1.29, 1.82) is 0 Å². The molecule has 2 aromatic carbocycles. The summed E-state index contributed by atoms with van der Waals surface area (Å²) < 4.78 is 12.1. The largest absolute Gasteiger partial charge is 1.00 e. The van der Waals surface area contributed by atoms with E-state index < -0.39 is 5.60 Å². The topological polar surface area (TPSA) is 40.0 Å². The van der Waals surface area contributed by atoms with Gasteiger partial charge in [0.05, 0.1) is 13.1 Å². The summed E-state index contributed by atoms with van der Waals surface area (Å²) in [6.07, 6.45) is 3.57. The van der Waals surface area contributed by atoms with Crippen molar-refractivity contribution in [2.24, 2.45) is 0 Å². The molecule has 2 atom stereocenters. The van der Waals surface area contributed by atoms with Crippen LogP contribution in [0.2, 0.25) is 0 Å². The van der Waals surface area contributed by atoms with Crippen molar-refractivity contribution in [3.05, 3.63) is 71.8 Å². The highest BCUT2D eigenvalue weighted by Crippen LogP contribution is 2.35. The lowest BCUT2D eigenvalue weighted by atomic mass is 9.86. The highest BCUT2D eigenvalue weighted by Gasteiger charge is 2.45. The summed E-state index contributed by atoms with van der Waals surface area (Å²) in [6.45, 7) is 7.19. The summed E-state index contributed by atoms with van der Waals surface area (Å²) in [7, 11) is 0. The van der Waals surface area contributed by atoms with Crippen molar-refractivity contribution in [2.75, 3.05) is 26.3 Å². The number of carbonyl (C=O) groups is 1. The van der Waals surface area contributed by atoms with Gasteiger partial charge in [-0.1, -0.05) is 60.7 Å². The molecule has 3 rings (SSSR count). The van der Waals surface area contributed by atoms with Gasteiger partial charge in [-0.3, -0.25) is 0 Å². The van der Waals surface area contributed by atoms with Gasteiger partial charge in [-0.2, -0.15) is 0 Å². The van der Waals surface area contributed by atoms with Crippen LogP contribution in [0.3, 0.4) is 0 Å². The molecular formula is C24H32ClNO3. The second-order valence-electron chi connectivity index (χ2n) is 7.40. The van der Waals surface area contributed by atoms with Crippen LogP contribution in [0.5, 0.6) is 0 Å². The predicted octanol–water partition coefficient (Wildman–Crippen LogP) is -0.0288. The zero-order chi connectivity index (χ0) is 19.8. The maximum Gasteiger partial charge on any atom is 0.348 e. The third-order valence-electron chi connectivity index (χ3n) is 5.76. The van der Waals surface area contributed by atoms with E-state index in [1.165, 1.54) is 17.7 Å². The molecule has 1 heterocycles. The number of hydrogen-bond donors (Lipinski definition) is 1. The minimum Gasteiger partial charge on any atom is -1.00 e. The molecule has 0 spiro atoms. The predicted molar refractivity (Wildman–Crippen MR) is 110 cm³/mol. The molecule has 2 unspecified atom stereocenters. The molecular weight excluding hydrogens is 386 g/mol. The first kappa shape index (κ1) is 23.4. The quantitative estimate of drug-likeness (QED) is 0.613. The summed E-state index contributed by atoms with van der Waals surface area (Å²) in [4.78, 5) is 15.1. The van der Waals surface area contributed by atoms with Crippen LogP contribution < -0.4 is 17.3 Å². The molecule has 0 bridgehead atoms. The normalized spacial score (nSPS) is 19.2. The number of likely N-dealkylation sites (N-methyl/N-ethyl adjacent to an activating group) is 1. The number of piperidine rings is 1. The molecule has 0 aliphatic carbocycles. The van der Waals surface area contributed by atoms with E-state index in [1.807, 2.05) is 67.6 Å². The molecule has 1 saturated heterocycles. The van der Waals surface area contributed by atoms with Crippen molar-refractivity contribution in [3.63, 3.8) is 0 Å². The minimum atomic E-state index is -1.24. The molecule has 1 fully saturated rings. The molecule has 1 aliphatic rings. The number of rotatable bonds is 8. The number of halogens is 1. The highest BCUT2D eigenvalue weighted by molar-refractivity contribution is 5.85. The Morgan fingerprint density at radius 3 is 2.10 bits per heavy atom. The average molecular weight is 418 g/mol. The van der Waals surface area contributed by atoms with E-state index in [2.05, 4.69) is 6.92 Å². The number of likely N-dealkylation sites (tertiary alicyclic amines) is 1. The second-order valence-corrected chi connectivity index (χ2v) is 7.40. The van der Waals surface area contributed by atoms with Gasteiger partial charge < -0.3 is 26.8 Å². The molecule has 29 heavy (non-hydrogen) atoms. The Kier molecular flexibility index (Phi) is 9.15. The summed E-state index contributed by atoms with van der Waals surface area (Å²) >= 11 is 0.